The largest absolute Gasteiger partial charge is 0.461 e. The zero-order valence-electron chi connectivity index (χ0n) is 10.0. The third-order valence-electron chi connectivity index (χ3n) is 2.32. The van der Waals surface area contributed by atoms with Gasteiger partial charge >= 0.3 is 5.97 Å². The molecule has 0 aliphatic carbocycles. The minimum atomic E-state index is -0.300. The minimum absolute atomic E-state index is 0.300. The van der Waals surface area contributed by atoms with Crippen LogP contribution in [0.1, 0.15) is 43.6 Å². The Kier molecular flexibility index (Phi) is 5.46. The molecule has 0 spiro atoms. The number of hydrogen-bond acceptors (Lipinski definition) is 3. The van der Waals surface area contributed by atoms with Crippen molar-refractivity contribution in [1.82, 2.24) is 4.98 Å². The molecule has 1 heterocycles. The van der Waals surface area contributed by atoms with Gasteiger partial charge in [0.1, 0.15) is 5.69 Å². The van der Waals surface area contributed by atoms with Crippen molar-refractivity contribution < 1.29 is 9.53 Å². The normalized spacial score (nSPS) is 10.1. The summed E-state index contributed by atoms with van der Waals surface area (Å²) in [5.74, 6) is -0.300. The molecule has 1 rings (SSSR count). The Labute approximate surface area is 96.4 Å². The average molecular weight is 224 g/mol. The van der Waals surface area contributed by atoms with Gasteiger partial charge in [0.25, 0.3) is 0 Å². The van der Waals surface area contributed by atoms with E-state index in [0.29, 0.717) is 12.3 Å². The van der Waals surface area contributed by atoms with Crippen LogP contribution in [0.4, 0.5) is 5.69 Å². The summed E-state index contributed by atoms with van der Waals surface area (Å²) in [4.78, 5) is 14.4. The number of nitrogens with one attached hydrogen (secondary N) is 2. The van der Waals surface area contributed by atoms with E-state index in [0.717, 1.165) is 18.7 Å². The topological polar surface area (TPSA) is 54.1 Å². The number of hydrogen-bond donors (Lipinski definition) is 2. The highest BCUT2D eigenvalue weighted by atomic mass is 16.5. The highest BCUT2D eigenvalue weighted by Crippen LogP contribution is 2.14. The number of aromatic amines is 1. The molecule has 0 radical (unpaired) electrons. The summed E-state index contributed by atoms with van der Waals surface area (Å²) in [5.41, 5.74) is 1.34. The van der Waals surface area contributed by atoms with Gasteiger partial charge in [-0.05, 0) is 19.4 Å². The molecule has 0 unspecified atom stereocenters. The molecule has 4 nitrogen and oxygen atoms in total. The number of H-pyrrole nitrogens is 1. The lowest BCUT2D eigenvalue weighted by atomic mass is 10.2. The van der Waals surface area contributed by atoms with Crippen LogP contribution in [-0.4, -0.2) is 24.1 Å². The van der Waals surface area contributed by atoms with E-state index in [2.05, 4.69) is 17.2 Å². The first-order valence-corrected chi connectivity index (χ1v) is 5.88. The fourth-order valence-corrected chi connectivity index (χ4v) is 1.49. The molecule has 16 heavy (non-hydrogen) atoms. The SMILES string of the molecule is CCCCCNc1cc[nH]c1C(=O)OCC. The Bertz CT molecular complexity index is 321. The van der Waals surface area contributed by atoms with Crippen LogP contribution in [0.3, 0.4) is 0 Å². The van der Waals surface area contributed by atoms with Crippen molar-refractivity contribution in [3.8, 4) is 0 Å². The van der Waals surface area contributed by atoms with Gasteiger partial charge in [-0.3, -0.25) is 0 Å². The molecule has 0 saturated carbocycles. The lowest BCUT2D eigenvalue weighted by Crippen LogP contribution is -2.10. The van der Waals surface area contributed by atoms with E-state index in [1.54, 1.807) is 13.1 Å². The van der Waals surface area contributed by atoms with Crippen LogP contribution in [0.25, 0.3) is 0 Å². The number of carbonyl (C=O) groups is 1. The Morgan fingerprint density at radius 1 is 1.44 bits per heavy atom. The van der Waals surface area contributed by atoms with Crippen LogP contribution in [0, 0.1) is 0 Å². The standard InChI is InChI=1S/C12H20N2O2/c1-3-5-6-8-13-10-7-9-14-11(10)12(15)16-4-2/h7,9,13-14H,3-6,8H2,1-2H3. The first-order valence-electron chi connectivity index (χ1n) is 5.88. The minimum Gasteiger partial charge on any atom is -0.461 e. The second-order valence-electron chi connectivity index (χ2n) is 3.62. The molecule has 0 saturated heterocycles. The third-order valence-corrected chi connectivity index (χ3v) is 2.32. The van der Waals surface area contributed by atoms with Crippen molar-refractivity contribution in [2.24, 2.45) is 0 Å². The molecular formula is C12H20N2O2. The predicted octanol–water partition coefficient (Wildman–Crippen LogP) is 2.79. The maximum atomic E-state index is 11.5. The summed E-state index contributed by atoms with van der Waals surface area (Å²) in [6.07, 6.45) is 5.25. The number of rotatable bonds is 7. The van der Waals surface area contributed by atoms with Crippen molar-refractivity contribution in [3.05, 3.63) is 18.0 Å². The fourth-order valence-electron chi connectivity index (χ4n) is 1.49. The number of unbranched alkanes of at least 4 members (excludes halogenated alkanes) is 2. The van der Waals surface area contributed by atoms with Gasteiger partial charge in [-0.2, -0.15) is 0 Å². The summed E-state index contributed by atoms with van der Waals surface area (Å²) in [5, 5.41) is 3.24. The van der Waals surface area contributed by atoms with Crippen LogP contribution in [-0.2, 0) is 4.74 Å². The molecule has 2 N–H and O–H groups in total. The Morgan fingerprint density at radius 3 is 2.94 bits per heavy atom. The Morgan fingerprint density at radius 2 is 2.25 bits per heavy atom. The highest BCUT2D eigenvalue weighted by molar-refractivity contribution is 5.93. The highest BCUT2D eigenvalue weighted by Gasteiger charge is 2.12. The molecule has 4 heteroatoms. The van der Waals surface area contributed by atoms with Gasteiger partial charge in [-0.15, -0.1) is 0 Å². The Balaban J connectivity index is 2.47. The van der Waals surface area contributed by atoms with Crippen LogP contribution in [0.5, 0.6) is 0 Å². The summed E-state index contributed by atoms with van der Waals surface area (Å²) in [7, 11) is 0. The van der Waals surface area contributed by atoms with Gasteiger partial charge < -0.3 is 15.0 Å². The van der Waals surface area contributed by atoms with Crippen LogP contribution in [0.15, 0.2) is 12.3 Å². The van der Waals surface area contributed by atoms with Crippen molar-refractivity contribution in [2.75, 3.05) is 18.5 Å². The summed E-state index contributed by atoms with van der Waals surface area (Å²) < 4.78 is 4.94. The van der Waals surface area contributed by atoms with E-state index < -0.39 is 0 Å². The summed E-state index contributed by atoms with van der Waals surface area (Å²) >= 11 is 0. The number of ether oxygens (including phenoxy) is 1. The van der Waals surface area contributed by atoms with Crippen LogP contribution >= 0.6 is 0 Å². The van der Waals surface area contributed by atoms with Crippen LogP contribution < -0.4 is 5.32 Å². The van der Waals surface area contributed by atoms with Gasteiger partial charge in [0, 0.05) is 12.7 Å². The van der Waals surface area contributed by atoms with Gasteiger partial charge in [-0.25, -0.2) is 4.79 Å². The Hall–Kier alpha value is -1.45. The lowest BCUT2D eigenvalue weighted by molar-refractivity contribution is 0.0521. The molecule has 1 aromatic heterocycles. The smallest absolute Gasteiger partial charge is 0.356 e. The van der Waals surface area contributed by atoms with E-state index in [1.165, 1.54) is 12.8 Å². The first kappa shape index (κ1) is 12.6. The molecule has 0 bridgehead atoms. The zero-order valence-corrected chi connectivity index (χ0v) is 10.0. The van der Waals surface area contributed by atoms with Gasteiger partial charge in [0.15, 0.2) is 0 Å². The number of anilines is 1. The third kappa shape index (κ3) is 3.61. The molecule has 0 aliphatic heterocycles. The maximum absolute atomic E-state index is 11.5. The maximum Gasteiger partial charge on any atom is 0.356 e. The summed E-state index contributed by atoms with van der Waals surface area (Å²) in [6.45, 7) is 5.25. The lowest BCUT2D eigenvalue weighted by Gasteiger charge is -2.06. The van der Waals surface area contributed by atoms with Gasteiger partial charge in [0.2, 0.25) is 0 Å². The molecule has 0 aliphatic rings. The predicted molar refractivity (Wildman–Crippen MR) is 64.8 cm³/mol. The molecule has 0 fully saturated rings. The number of aromatic nitrogens is 1. The zero-order chi connectivity index (χ0) is 11.8. The fraction of sp³-hybridized carbons (Fsp3) is 0.583. The molecule has 1 aromatic rings. The first-order chi connectivity index (χ1) is 7.79. The molecule has 0 aromatic carbocycles. The van der Waals surface area contributed by atoms with Crippen molar-refractivity contribution in [1.29, 1.82) is 0 Å². The quantitative estimate of drug-likeness (QED) is 0.553. The van der Waals surface area contributed by atoms with E-state index in [4.69, 9.17) is 4.74 Å². The van der Waals surface area contributed by atoms with Crippen molar-refractivity contribution in [3.63, 3.8) is 0 Å². The van der Waals surface area contributed by atoms with E-state index in [-0.39, 0.29) is 5.97 Å². The average Bonchev–Trinajstić information content (AvgIpc) is 2.73. The van der Waals surface area contributed by atoms with Gasteiger partial charge in [-0.1, -0.05) is 19.8 Å². The molecular weight excluding hydrogens is 204 g/mol. The number of esters is 1. The second kappa shape index (κ2) is 6.93. The van der Waals surface area contributed by atoms with E-state index >= 15 is 0 Å². The van der Waals surface area contributed by atoms with E-state index in [9.17, 15) is 4.79 Å². The number of carbonyl (C=O) groups excluding carboxylic acids is 1. The van der Waals surface area contributed by atoms with Crippen molar-refractivity contribution in [2.45, 2.75) is 33.1 Å². The van der Waals surface area contributed by atoms with Crippen LogP contribution in [0.2, 0.25) is 0 Å². The monoisotopic (exact) mass is 224 g/mol. The summed E-state index contributed by atoms with van der Waals surface area (Å²) in [6, 6.07) is 1.86. The second-order valence-corrected chi connectivity index (χ2v) is 3.62. The van der Waals surface area contributed by atoms with Gasteiger partial charge in [0.05, 0.1) is 12.3 Å². The molecule has 0 amide bonds. The van der Waals surface area contributed by atoms with E-state index in [1.807, 2.05) is 6.07 Å². The molecule has 90 valence electrons. The van der Waals surface area contributed by atoms with Crippen molar-refractivity contribution >= 4 is 11.7 Å². The molecule has 0 atom stereocenters.